The maximum atomic E-state index is 11.8. The lowest BCUT2D eigenvalue weighted by Gasteiger charge is -2.25. The van der Waals surface area contributed by atoms with Crippen molar-refractivity contribution < 1.29 is 9.32 Å². The first-order valence-corrected chi connectivity index (χ1v) is 6.16. The summed E-state index contributed by atoms with van der Waals surface area (Å²) in [7, 11) is 0. The normalized spacial score (nSPS) is 15.1. The van der Waals surface area contributed by atoms with Gasteiger partial charge in [0.05, 0.1) is 0 Å². The van der Waals surface area contributed by atoms with E-state index in [1.807, 2.05) is 30.3 Å². The van der Waals surface area contributed by atoms with Crippen LogP contribution >= 0.6 is 0 Å². The third-order valence-corrected chi connectivity index (χ3v) is 3.24. The molecule has 4 heteroatoms. The molecule has 0 aliphatic heterocycles. The van der Waals surface area contributed by atoms with E-state index in [0.717, 1.165) is 18.4 Å². The highest BCUT2D eigenvalue weighted by Crippen LogP contribution is 2.21. The average Bonchev–Trinajstić information content (AvgIpc) is 2.84. The van der Waals surface area contributed by atoms with Gasteiger partial charge in [0.25, 0.3) is 5.91 Å². The molecule has 0 bridgehead atoms. The van der Waals surface area contributed by atoms with Gasteiger partial charge in [0.1, 0.15) is 5.69 Å². The summed E-state index contributed by atoms with van der Waals surface area (Å²) in [5.74, 6) is 0.107. The Balaban J connectivity index is 1.74. The fourth-order valence-electron chi connectivity index (χ4n) is 1.94. The van der Waals surface area contributed by atoms with Crippen molar-refractivity contribution in [3.05, 3.63) is 42.2 Å². The molecule has 1 amide bonds. The summed E-state index contributed by atoms with van der Waals surface area (Å²) in [6.07, 6.45) is 3.31. The molecule has 1 aliphatic carbocycles. The third-order valence-electron chi connectivity index (χ3n) is 3.24. The van der Waals surface area contributed by atoms with Crippen molar-refractivity contribution in [3.8, 4) is 11.3 Å². The lowest BCUT2D eigenvalue weighted by atomic mass is 9.93. The van der Waals surface area contributed by atoms with Gasteiger partial charge in [-0.3, -0.25) is 4.79 Å². The Kier molecular flexibility index (Phi) is 2.84. The maximum Gasteiger partial charge on any atom is 0.290 e. The van der Waals surface area contributed by atoms with Crippen LogP contribution in [0.15, 0.2) is 40.9 Å². The Hall–Kier alpha value is -2.10. The molecule has 0 unspecified atom stereocenters. The minimum absolute atomic E-state index is 0.172. The van der Waals surface area contributed by atoms with Crippen LogP contribution in [0.4, 0.5) is 0 Å². The molecule has 1 fully saturated rings. The van der Waals surface area contributed by atoms with E-state index in [4.69, 9.17) is 4.52 Å². The summed E-state index contributed by atoms with van der Waals surface area (Å²) >= 11 is 0. The predicted octanol–water partition coefficient (Wildman–Crippen LogP) is 2.62. The van der Waals surface area contributed by atoms with Crippen LogP contribution in [0.3, 0.4) is 0 Å². The maximum absolute atomic E-state index is 11.8. The predicted molar refractivity (Wildman–Crippen MR) is 67.0 cm³/mol. The van der Waals surface area contributed by atoms with Crippen LogP contribution in [0.5, 0.6) is 0 Å². The summed E-state index contributed by atoms with van der Waals surface area (Å²) in [6.45, 7) is 0. The molecule has 18 heavy (non-hydrogen) atoms. The van der Waals surface area contributed by atoms with Gasteiger partial charge in [-0.15, -0.1) is 0 Å². The average molecular weight is 242 g/mol. The van der Waals surface area contributed by atoms with E-state index >= 15 is 0 Å². The van der Waals surface area contributed by atoms with Crippen molar-refractivity contribution in [2.75, 3.05) is 0 Å². The van der Waals surface area contributed by atoms with Crippen molar-refractivity contribution in [1.29, 1.82) is 0 Å². The van der Waals surface area contributed by atoms with Crippen LogP contribution in [-0.4, -0.2) is 17.1 Å². The largest absolute Gasteiger partial charge is 0.350 e. The van der Waals surface area contributed by atoms with Crippen molar-refractivity contribution in [1.82, 2.24) is 10.5 Å². The molecule has 92 valence electrons. The number of hydrogen-bond donors (Lipinski definition) is 1. The minimum Gasteiger partial charge on any atom is -0.350 e. The van der Waals surface area contributed by atoms with Crippen LogP contribution in [0, 0.1) is 0 Å². The van der Waals surface area contributed by atoms with Gasteiger partial charge in [-0.2, -0.15) is 0 Å². The second-order valence-corrected chi connectivity index (χ2v) is 4.54. The fraction of sp³-hybridized carbons (Fsp3) is 0.286. The SMILES string of the molecule is O=C(NC1CCC1)c1cc(-c2ccccc2)no1. The number of rotatable bonds is 3. The monoisotopic (exact) mass is 242 g/mol. The molecule has 1 aliphatic rings. The van der Waals surface area contributed by atoms with E-state index < -0.39 is 0 Å². The zero-order chi connectivity index (χ0) is 12.4. The summed E-state index contributed by atoms with van der Waals surface area (Å²) < 4.78 is 5.09. The Morgan fingerprint density at radius 2 is 2.06 bits per heavy atom. The molecule has 1 heterocycles. The molecule has 2 aromatic rings. The Morgan fingerprint density at radius 3 is 2.72 bits per heavy atom. The van der Waals surface area contributed by atoms with E-state index in [2.05, 4.69) is 10.5 Å². The van der Waals surface area contributed by atoms with Crippen LogP contribution in [0.2, 0.25) is 0 Å². The molecule has 0 radical (unpaired) electrons. The second kappa shape index (κ2) is 4.64. The molecule has 0 saturated heterocycles. The number of nitrogens with zero attached hydrogens (tertiary/aromatic N) is 1. The lowest BCUT2D eigenvalue weighted by molar-refractivity contribution is 0.0879. The molecule has 4 nitrogen and oxygen atoms in total. The highest BCUT2D eigenvalue weighted by Gasteiger charge is 2.22. The second-order valence-electron chi connectivity index (χ2n) is 4.54. The smallest absolute Gasteiger partial charge is 0.290 e. The van der Waals surface area contributed by atoms with Gasteiger partial charge in [-0.05, 0) is 19.3 Å². The zero-order valence-corrected chi connectivity index (χ0v) is 9.93. The fourth-order valence-corrected chi connectivity index (χ4v) is 1.94. The van der Waals surface area contributed by atoms with Crippen molar-refractivity contribution in [2.24, 2.45) is 0 Å². The van der Waals surface area contributed by atoms with Crippen LogP contribution < -0.4 is 5.32 Å². The summed E-state index contributed by atoms with van der Waals surface area (Å²) in [4.78, 5) is 11.8. The number of benzene rings is 1. The van der Waals surface area contributed by atoms with E-state index in [1.165, 1.54) is 6.42 Å². The zero-order valence-electron chi connectivity index (χ0n) is 9.93. The van der Waals surface area contributed by atoms with Crippen LogP contribution in [0.25, 0.3) is 11.3 Å². The van der Waals surface area contributed by atoms with Gasteiger partial charge in [0.2, 0.25) is 5.76 Å². The van der Waals surface area contributed by atoms with Gasteiger partial charge in [0.15, 0.2) is 0 Å². The third kappa shape index (κ3) is 2.14. The minimum atomic E-state index is -0.172. The molecule has 1 aromatic carbocycles. The number of aromatic nitrogens is 1. The first-order valence-electron chi connectivity index (χ1n) is 6.16. The molecule has 0 spiro atoms. The van der Waals surface area contributed by atoms with Crippen molar-refractivity contribution in [2.45, 2.75) is 25.3 Å². The summed E-state index contributed by atoms with van der Waals surface area (Å²) in [6, 6.07) is 11.7. The number of nitrogens with one attached hydrogen (secondary N) is 1. The van der Waals surface area contributed by atoms with Crippen molar-refractivity contribution >= 4 is 5.91 Å². The Bertz CT molecular complexity index is 544. The summed E-state index contributed by atoms with van der Waals surface area (Å²) in [5.41, 5.74) is 1.64. The molecule has 1 saturated carbocycles. The van der Waals surface area contributed by atoms with E-state index in [0.29, 0.717) is 11.7 Å². The van der Waals surface area contributed by atoms with Gasteiger partial charge in [-0.25, -0.2) is 0 Å². The number of hydrogen-bond acceptors (Lipinski definition) is 3. The quantitative estimate of drug-likeness (QED) is 0.900. The number of carbonyl (C=O) groups excluding carboxylic acids is 1. The molecule has 3 rings (SSSR count). The highest BCUT2D eigenvalue weighted by atomic mass is 16.5. The van der Waals surface area contributed by atoms with Gasteiger partial charge >= 0.3 is 0 Å². The van der Waals surface area contributed by atoms with Gasteiger partial charge in [-0.1, -0.05) is 35.5 Å². The van der Waals surface area contributed by atoms with Gasteiger partial charge in [0, 0.05) is 17.7 Å². The lowest BCUT2D eigenvalue weighted by Crippen LogP contribution is -2.39. The first kappa shape index (κ1) is 11.0. The van der Waals surface area contributed by atoms with Crippen LogP contribution in [0.1, 0.15) is 29.8 Å². The number of carbonyl (C=O) groups is 1. The molecule has 1 N–H and O–H groups in total. The van der Waals surface area contributed by atoms with Crippen LogP contribution in [-0.2, 0) is 0 Å². The molecular formula is C14H14N2O2. The van der Waals surface area contributed by atoms with E-state index in [9.17, 15) is 4.79 Å². The Morgan fingerprint density at radius 1 is 1.28 bits per heavy atom. The van der Waals surface area contributed by atoms with Gasteiger partial charge < -0.3 is 9.84 Å². The summed E-state index contributed by atoms with van der Waals surface area (Å²) in [5, 5.41) is 6.85. The number of amides is 1. The van der Waals surface area contributed by atoms with Crippen molar-refractivity contribution in [3.63, 3.8) is 0 Å². The first-order chi connectivity index (χ1) is 8.83. The highest BCUT2D eigenvalue weighted by molar-refractivity contribution is 5.92. The molecule has 0 atom stereocenters. The molecular weight excluding hydrogens is 228 g/mol. The molecule has 1 aromatic heterocycles. The van der Waals surface area contributed by atoms with E-state index in [-0.39, 0.29) is 11.7 Å². The van der Waals surface area contributed by atoms with E-state index in [1.54, 1.807) is 6.07 Å². The Labute approximate surface area is 105 Å². The topological polar surface area (TPSA) is 55.1 Å². The standard InChI is InChI=1S/C14H14N2O2/c17-14(15-11-7-4-8-11)13-9-12(16-18-13)10-5-2-1-3-6-10/h1-3,5-6,9,11H,4,7-8H2,(H,15,17).